The molecule has 0 bridgehead atoms. The summed E-state index contributed by atoms with van der Waals surface area (Å²) in [5.74, 6) is 0.954. The number of nitrogens with one attached hydrogen (secondary N) is 1. The predicted octanol–water partition coefficient (Wildman–Crippen LogP) is 3.00. The molecule has 2 aliphatic rings. The van der Waals surface area contributed by atoms with Crippen LogP contribution >= 0.6 is 0 Å². The van der Waals surface area contributed by atoms with Gasteiger partial charge in [0.05, 0.1) is 24.0 Å². The van der Waals surface area contributed by atoms with Gasteiger partial charge >= 0.3 is 0 Å². The standard InChI is InChI=1S/C24H29NO5S/c1-29-22-7-5-19(6-8-22)20-4-2-3-18(15-20)16-24(10-12-30-13-11-24)23(26)25-21-9-14-31(27,28)17-21/h2-8,15,21H,9-14,16-17H2,1H3,(H,25,26)/t21-/m1/s1. The van der Waals surface area contributed by atoms with E-state index in [1.165, 1.54) is 0 Å². The second-order valence-electron chi connectivity index (χ2n) is 8.57. The highest BCUT2D eigenvalue weighted by Crippen LogP contribution is 2.36. The molecule has 2 aromatic carbocycles. The fourth-order valence-corrected chi connectivity index (χ4v) is 6.20. The van der Waals surface area contributed by atoms with Crippen molar-refractivity contribution in [1.82, 2.24) is 5.32 Å². The maximum Gasteiger partial charge on any atom is 0.226 e. The zero-order valence-electron chi connectivity index (χ0n) is 17.8. The third-order valence-corrected chi connectivity index (χ3v) is 8.16. The van der Waals surface area contributed by atoms with Crippen LogP contribution in [-0.4, -0.2) is 52.2 Å². The summed E-state index contributed by atoms with van der Waals surface area (Å²) in [5.41, 5.74) is 2.68. The third-order valence-electron chi connectivity index (χ3n) is 6.39. The van der Waals surface area contributed by atoms with E-state index in [1.807, 2.05) is 30.3 Å². The van der Waals surface area contributed by atoms with E-state index in [0.717, 1.165) is 22.4 Å². The Balaban J connectivity index is 1.54. The van der Waals surface area contributed by atoms with Crippen molar-refractivity contribution in [3.63, 3.8) is 0 Å². The predicted molar refractivity (Wildman–Crippen MR) is 120 cm³/mol. The van der Waals surface area contributed by atoms with Gasteiger partial charge in [-0.3, -0.25) is 4.79 Å². The van der Waals surface area contributed by atoms with Gasteiger partial charge < -0.3 is 14.8 Å². The first kappa shape index (κ1) is 21.8. The molecule has 6 nitrogen and oxygen atoms in total. The minimum absolute atomic E-state index is 0.0400. The molecule has 2 heterocycles. The van der Waals surface area contributed by atoms with Crippen molar-refractivity contribution in [2.75, 3.05) is 31.8 Å². The Morgan fingerprint density at radius 2 is 1.87 bits per heavy atom. The number of hydrogen-bond donors (Lipinski definition) is 1. The Hall–Kier alpha value is -2.38. The quantitative estimate of drug-likeness (QED) is 0.742. The fraction of sp³-hybridized carbons (Fsp3) is 0.458. The molecule has 4 rings (SSSR count). The Kier molecular flexibility index (Phi) is 6.34. The Morgan fingerprint density at radius 3 is 2.52 bits per heavy atom. The van der Waals surface area contributed by atoms with Crippen molar-refractivity contribution in [2.24, 2.45) is 5.41 Å². The van der Waals surface area contributed by atoms with Gasteiger partial charge in [-0.25, -0.2) is 8.42 Å². The zero-order chi connectivity index (χ0) is 21.9. The molecule has 1 amide bonds. The van der Waals surface area contributed by atoms with Crippen LogP contribution in [0.2, 0.25) is 0 Å². The van der Waals surface area contributed by atoms with E-state index < -0.39 is 15.3 Å². The summed E-state index contributed by atoms with van der Waals surface area (Å²) < 4.78 is 34.4. The average Bonchev–Trinajstić information content (AvgIpc) is 3.12. The Bertz CT molecular complexity index is 1030. The summed E-state index contributed by atoms with van der Waals surface area (Å²) in [4.78, 5) is 13.3. The molecule has 0 radical (unpaired) electrons. The molecule has 0 spiro atoms. The largest absolute Gasteiger partial charge is 0.497 e. The molecule has 31 heavy (non-hydrogen) atoms. The topological polar surface area (TPSA) is 81.7 Å². The highest BCUT2D eigenvalue weighted by molar-refractivity contribution is 7.91. The lowest BCUT2D eigenvalue weighted by molar-refractivity contribution is -0.137. The zero-order valence-corrected chi connectivity index (χ0v) is 18.6. The van der Waals surface area contributed by atoms with E-state index in [0.29, 0.717) is 38.9 Å². The van der Waals surface area contributed by atoms with Gasteiger partial charge in [-0.15, -0.1) is 0 Å². The van der Waals surface area contributed by atoms with Gasteiger partial charge in [0.2, 0.25) is 5.91 Å². The Labute approximate surface area is 183 Å². The summed E-state index contributed by atoms with van der Waals surface area (Å²) in [6.07, 6.45) is 2.36. The second-order valence-corrected chi connectivity index (χ2v) is 10.8. The minimum atomic E-state index is -3.04. The fourth-order valence-electron chi connectivity index (χ4n) is 4.53. The molecular formula is C24H29NO5S. The molecule has 0 saturated carbocycles. The van der Waals surface area contributed by atoms with Crippen LogP contribution in [0.5, 0.6) is 5.75 Å². The molecule has 7 heteroatoms. The van der Waals surface area contributed by atoms with Crippen LogP contribution < -0.4 is 10.1 Å². The van der Waals surface area contributed by atoms with E-state index in [-0.39, 0.29) is 23.5 Å². The van der Waals surface area contributed by atoms with Crippen LogP contribution in [0.1, 0.15) is 24.8 Å². The van der Waals surface area contributed by atoms with Gasteiger partial charge in [-0.1, -0.05) is 36.4 Å². The number of ether oxygens (including phenoxy) is 2. The smallest absolute Gasteiger partial charge is 0.226 e. The lowest BCUT2D eigenvalue weighted by Gasteiger charge is -2.36. The second kappa shape index (κ2) is 9.01. The third kappa shape index (κ3) is 5.10. The molecule has 1 N–H and O–H groups in total. The SMILES string of the molecule is COc1ccc(-c2cccc(CC3(C(=O)N[C@@H]4CCS(=O)(=O)C4)CCOCC3)c2)cc1. The normalized spacial score (nSPS) is 22.0. The number of sulfone groups is 1. The van der Waals surface area contributed by atoms with E-state index >= 15 is 0 Å². The molecule has 0 unspecified atom stereocenters. The van der Waals surface area contributed by atoms with Crippen LogP contribution in [0.15, 0.2) is 48.5 Å². The number of carbonyl (C=O) groups excluding carboxylic acids is 1. The van der Waals surface area contributed by atoms with Gasteiger partial charge in [-0.2, -0.15) is 0 Å². The summed E-state index contributed by atoms with van der Waals surface area (Å²) >= 11 is 0. The molecule has 166 valence electrons. The summed E-state index contributed by atoms with van der Waals surface area (Å²) in [5, 5.41) is 3.04. The van der Waals surface area contributed by atoms with Gasteiger partial charge in [0.15, 0.2) is 9.84 Å². The number of methoxy groups -OCH3 is 1. The maximum absolute atomic E-state index is 13.3. The monoisotopic (exact) mass is 443 g/mol. The molecule has 2 aromatic rings. The molecule has 0 aliphatic carbocycles. The van der Waals surface area contributed by atoms with Crippen molar-refractivity contribution >= 4 is 15.7 Å². The molecule has 2 aliphatic heterocycles. The number of carbonyl (C=O) groups is 1. The van der Waals surface area contributed by atoms with Crippen molar-refractivity contribution in [3.05, 3.63) is 54.1 Å². The molecular weight excluding hydrogens is 414 g/mol. The van der Waals surface area contributed by atoms with E-state index in [1.54, 1.807) is 7.11 Å². The number of hydrogen-bond acceptors (Lipinski definition) is 5. The van der Waals surface area contributed by atoms with Crippen molar-refractivity contribution in [3.8, 4) is 16.9 Å². The lowest BCUT2D eigenvalue weighted by Crippen LogP contribution is -2.49. The van der Waals surface area contributed by atoms with Crippen molar-refractivity contribution in [1.29, 1.82) is 0 Å². The van der Waals surface area contributed by atoms with E-state index in [2.05, 4.69) is 23.5 Å². The molecule has 0 aromatic heterocycles. The van der Waals surface area contributed by atoms with Gasteiger partial charge in [0, 0.05) is 19.3 Å². The van der Waals surface area contributed by atoms with Crippen LogP contribution in [0.3, 0.4) is 0 Å². The Morgan fingerprint density at radius 1 is 1.13 bits per heavy atom. The van der Waals surface area contributed by atoms with Crippen LogP contribution in [0.4, 0.5) is 0 Å². The minimum Gasteiger partial charge on any atom is -0.497 e. The lowest BCUT2D eigenvalue weighted by atomic mass is 9.74. The number of rotatable bonds is 6. The van der Waals surface area contributed by atoms with E-state index in [9.17, 15) is 13.2 Å². The highest BCUT2D eigenvalue weighted by Gasteiger charge is 2.42. The van der Waals surface area contributed by atoms with Gasteiger partial charge in [0.25, 0.3) is 0 Å². The highest BCUT2D eigenvalue weighted by atomic mass is 32.2. The van der Waals surface area contributed by atoms with Gasteiger partial charge in [0.1, 0.15) is 5.75 Å². The molecule has 2 saturated heterocycles. The molecule has 1 atom stereocenters. The van der Waals surface area contributed by atoms with Crippen molar-refractivity contribution < 1.29 is 22.7 Å². The van der Waals surface area contributed by atoms with E-state index in [4.69, 9.17) is 9.47 Å². The number of benzene rings is 2. The number of amides is 1. The van der Waals surface area contributed by atoms with Crippen LogP contribution in [0, 0.1) is 5.41 Å². The van der Waals surface area contributed by atoms with Gasteiger partial charge in [-0.05, 0) is 54.5 Å². The average molecular weight is 444 g/mol. The summed E-state index contributed by atoms with van der Waals surface area (Å²) in [6.45, 7) is 1.07. The summed E-state index contributed by atoms with van der Waals surface area (Å²) in [7, 11) is -1.39. The molecule has 2 fully saturated rings. The van der Waals surface area contributed by atoms with Crippen LogP contribution in [-0.2, 0) is 25.8 Å². The first-order valence-electron chi connectivity index (χ1n) is 10.7. The van der Waals surface area contributed by atoms with Crippen LogP contribution in [0.25, 0.3) is 11.1 Å². The first-order valence-corrected chi connectivity index (χ1v) is 12.5. The first-order chi connectivity index (χ1) is 14.9. The van der Waals surface area contributed by atoms with Crippen molar-refractivity contribution in [2.45, 2.75) is 31.7 Å². The summed E-state index contributed by atoms with van der Waals surface area (Å²) in [6, 6.07) is 15.9. The maximum atomic E-state index is 13.3.